The molecule has 0 nitrogen and oxygen atoms in total. The number of hydrogen-bond donors (Lipinski definition) is 0. The average Bonchev–Trinajstić information content (AvgIpc) is 2.01. The molecule has 13 heavy (non-hydrogen) atoms. The molecule has 78 valence electrons. The molecular formula is C5H2F8. The van der Waals surface area contributed by atoms with Crippen LogP contribution >= 0.6 is 0 Å². The van der Waals surface area contributed by atoms with E-state index in [0.29, 0.717) is 0 Å². The Morgan fingerprint density at radius 1 is 0.923 bits per heavy atom. The molecular weight excluding hydrogens is 212 g/mol. The molecule has 0 atom stereocenters. The first-order valence-electron chi connectivity index (χ1n) is 2.71. The van der Waals surface area contributed by atoms with Crippen LogP contribution in [0.25, 0.3) is 0 Å². The van der Waals surface area contributed by atoms with Crippen molar-refractivity contribution < 1.29 is 35.1 Å². The predicted octanol–water partition coefficient (Wildman–Crippen LogP) is 3.30. The molecule has 0 aromatic carbocycles. The molecule has 0 aliphatic rings. The summed E-state index contributed by atoms with van der Waals surface area (Å²) in [5.41, 5.74) is 0. The van der Waals surface area contributed by atoms with Gasteiger partial charge >= 0.3 is 12.3 Å². The number of hydrogen-bond acceptors (Lipinski definition) is 0. The van der Waals surface area contributed by atoms with Crippen LogP contribution < -0.4 is 0 Å². The molecule has 0 saturated heterocycles. The standard InChI is InChI=1S/C5H2F8/c6-1(3(8)9)2(7)5(12,13)4(10)11/h3-4H. The molecule has 0 spiro atoms. The fourth-order valence-electron chi connectivity index (χ4n) is 0.351. The Balaban J connectivity index is 4.96. The Hall–Kier alpha value is -0.820. The Kier molecular flexibility index (Phi) is 3.68. The Morgan fingerprint density at radius 2 is 1.31 bits per heavy atom. The minimum Gasteiger partial charge on any atom is -0.203 e. The van der Waals surface area contributed by atoms with E-state index in [1.807, 2.05) is 0 Å². The zero-order valence-corrected chi connectivity index (χ0v) is 5.68. The van der Waals surface area contributed by atoms with Crippen LogP contribution in [0, 0.1) is 0 Å². The molecule has 0 heterocycles. The lowest BCUT2D eigenvalue weighted by molar-refractivity contribution is -0.115. The van der Waals surface area contributed by atoms with Crippen molar-refractivity contribution in [3.05, 3.63) is 11.7 Å². The summed E-state index contributed by atoms with van der Waals surface area (Å²) in [5, 5.41) is 0. The predicted molar refractivity (Wildman–Crippen MR) is 26.2 cm³/mol. The third kappa shape index (κ3) is 2.56. The van der Waals surface area contributed by atoms with Gasteiger partial charge in [-0.05, 0) is 0 Å². The van der Waals surface area contributed by atoms with E-state index in [0.717, 1.165) is 0 Å². The lowest BCUT2D eigenvalue weighted by Crippen LogP contribution is -2.28. The van der Waals surface area contributed by atoms with Crippen molar-refractivity contribution in [3.63, 3.8) is 0 Å². The summed E-state index contributed by atoms with van der Waals surface area (Å²) in [6.07, 6.45) is -8.75. The van der Waals surface area contributed by atoms with E-state index in [2.05, 4.69) is 0 Å². The summed E-state index contributed by atoms with van der Waals surface area (Å²) in [4.78, 5) is 0. The van der Waals surface area contributed by atoms with Gasteiger partial charge in [-0.25, -0.2) is 26.3 Å². The second kappa shape index (κ2) is 3.93. The van der Waals surface area contributed by atoms with Crippen molar-refractivity contribution in [2.24, 2.45) is 0 Å². The molecule has 0 saturated carbocycles. The van der Waals surface area contributed by atoms with Crippen molar-refractivity contribution in [2.45, 2.75) is 18.8 Å². The van der Waals surface area contributed by atoms with Gasteiger partial charge in [-0.1, -0.05) is 0 Å². The normalized spacial score (nSPS) is 15.2. The van der Waals surface area contributed by atoms with Gasteiger partial charge in [-0.2, -0.15) is 8.78 Å². The topological polar surface area (TPSA) is 0 Å². The van der Waals surface area contributed by atoms with Crippen molar-refractivity contribution in [2.75, 3.05) is 0 Å². The van der Waals surface area contributed by atoms with E-state index in [1.165, 1.54) is 0 Å². The van der Waals surface area contributed by atoms with Gasteiger partial charge < -0.3 is 0 Å². The number of allylic oxidation sites excluding steroid dienone is 2. The van der Waals surface area contributed by atoms with Gasteiger partial charge in [-0.15, -0.1) is 0 Å². The van der Waals surface area contributed by atoms with Crippen molar-refractivity contribution in [3.8, 4) is 0 Å². The minimum absolute atomic E-state index is 3.18. The summed E-state index contributed by atoms with van der Waals surface area (Å²) >= 11 is 0. The molecule has 0 aromatic heterocycles. The van der Waals surface area contributed by atoms with Crippen LogP contribution in [-0.2, 0) is 0 Å². The van der Waals surface area contributed by atoms with E-state index < -0.39 is 30.4 Å². The highest BCUT2D eigenvalue weighted by atomic mass is 19.3. The largest absolute Gasteiger partial charge is 0.360 e. The van der Waals surface area contributed by atoms with Gasteiger partial charge in [0.15, 0.2) is 0 Å². The number of alkyl halides is 6. The molecule has 0 N–H and O–H groups in total. The van der Waals surface area contributed by atoms with Gasteiger partial charge in [0.1, 0.15) is 0 Å². The zero-order valence-electron chi connectivity index (χ0n) is 5.68. The van der Waals surface area contributed by atoms with Gasteiger partial charge in [0.05, 0.1) is 0 Å². The highest BCUT2D eigenvalue weighted by molar-refractivity contribution is 5.12. The molecule has 0 aromatic rings. The molecule has 0 radical (unpaired) electrons. The monoisotopic (exact) mass is 214 g/mol. The summed E-state index contributed by atoms with van der Waals surface area (Å²) in [7, 11) is 0. The molecule has 0 fully saturated rings. The summed E-state index contributed by atoms with van der Waals surface area (Å²) < 4.78 is 92.1. The molecule has 0 aliphatic heterocycles. The van der Waals surface area contributed by atoms with E-state index in [9.17, 15) is 35.1 Å². The quantitative estimate of drug-likeness (QED) is 0.632. The van der Waals surface area contributed by atoms with Crippen LogP contribution in [0.2, 0.25) is 0 Å². The molecule has 0 aliphatic carbocycles. The van der Waals surface area contributed by atoms with E-state index >= 15 is 0 Å². The third-order valence-electron chi connectivity index (χ3n) is 0.968. The van der Waals surface area contributed by atoms with Crippen LogP contribution in [0.1, 0.15) is 0 Å². The average molecular weight is 214 g/mol. The van der Waals surface area contributed by atoms with Crippen LogP contribution in [0.5, 0.6) is 0 Å². The molecule has 0 bridgehead atoms. The molecule has 0 unspecified atom stereocenters. The summed E-state index contributed by atoms with van der Waals surface area (Å²) in [6.45, 7) is 0. The van der Waals surface area contributed by atoms with Crippen molar-refractivity contribution >= 4 is 0 Å². The van der Waals surface area contributed by atoms with Crippen LogP contribution in [0.15, 0.2) is 11.7 Å². The van der Waals surface area contributed by atoms with Crippen LogP contribution in [0.4, 0.5) is 35.1 Å². The van der Waals surface area contributed by atoms with E-state index in [4.69, 9.17) is 0 Å². The van der Waals surface area contributed by atoms with Gasteiger partial charge in [0.25, 0.3) is 6.43 Å². The second-order valence-electron chi connectivity index (χ2n) is 1.89. The Morgan fingerprint density at radius 3 is 1.54 bits per heavy atom. The van der Waals surface area contributed by atoms with Gasteiger partial charge in [0, 0.05) is 0 Å². The fraction of sp³-hybridized carbons (Fsp3) is 0.600. The van der Waals surface area contributed by atoms with Crippen molar-refractivity contribution in [1.82, 2.24) is 0 Å². The molecule has 8 heteroatoms. The first-order chi connectivity index (χ1) is 5.71. The smallest absolute Gasteiger partial charge is 0.203 e. The highest BCUT2D eigenvalue weighted by Gasteiger charge is 2.49. The summed E-state index contributed by atoms with van der Waals surface area (Å²) in [5.74, 6) is -12.1. The minimum atomic E-state index is -5.51. The van der Waals surface area contributed by atoms with Crippen LogP contribution in [0.3, 0.4) is 0 Å². The van der Waals surface area contributed by atoms with Gasteiger partial charge in [-0.3, -0.25) is 0 Å². The van der Waals surface area contributed by atoms with E-state index in [-0.39, 0.29) is 0 Å². The van der Waals surface area contributed by atoms with Gasteiger partial charge in [0.2, 0.25) is 11.7 Å². The van der Waals surface area contributed by atoms with Crippen LogP contribution in [-0.4, -0.2) is 18.8 Å². The fourth-order valence-corrected chi connectivity index (χ4v) is 0.351. The van der Waals surface area contributed by atoms with E-state index in [1.54, 1.807) is 0 Å². The second-order valence-corrected chi connectivity index (χ2v) is 1.89. The Labute approximate surface area is 66.8 Å². The number of halogens is 8. The zero-order chi connectivity index (χ0) is 10.8. The Bertz CT molecular complexity index is 205. The molecule has 0 amide bonds. The summed E-state index contributed by atoms with van der Waals surface area (Å²) in [6, 6.07) is 0. The third-order valence-corrected chi connectivity index (χ3v) is 0.968. The maximum Gasteiger partial charge on any atom is 0.360 e. The SMILES string of the molecule is FC(=C(F)C(F)(F)C(F)F)C(F)F. The first-order valence-corrected chi connectivity index (χ1v) is 2.71. The number of rotatable bonds is 3. The lowest BCUT2D eigenvalue weighted by Gasteiger charge is -2.13. The maximum absolute atomic E-state index is 11.9. The highest BCUT2D eigenvalue weighted by Crippen LogP contribution is 2.35. The first kappa shape index (κ1) is 12.2. The molecule has 0 rings (SSSR count). The maximum atomic E-state index is 11.9. The van der Waals surface area contributed by atoms with Crippen molar-refractivity contribution in [1.29, 1.82) is 0 Å². The lowest BCUT2D eigenvalue weighted by atomic mass is 10.3.